The van der Waals surface area contributed by atoms with Gasteiger partial charge in [0.05, 0.1) is 7.11 Å². The zero-order valence-electron chi connectivity index (χ0n) is 7.25. The first-order valence-electron chi connectivity index (χ1n) is 3.91. The molecule has 0 fully saturated rings. The number of hydrogen-bond acceptors (Lipinski definition) is 3. The van der Waals surface area contributed by atoms with Gasteiger partial charge in [-0.1, -0.05) is 5.92 Å². The minimum absolute atomic E-state index is 0.217. The number of rotatable bonds is 5. The van der Waals surface area contributed by atoms with Crippen molar-refractivity contribution >= 4 is 5.97 Å². The van der Waals surface area contributed by atoms with Crippen LogP contribution in [0.3, 0.4) is 0 Å². The molecule has 0 unspecified atom stereocenters. The summed E-state index contributed by atoms with van der Waals surface area (Å²) in [7, 11) is 1.36. The molecule has 3 nitrogen and oxygen atoms in total. The number of carbonyl (C=O) groups is 1. The predicted octanol–water partition coefficient (Wildman–Crippen LogP) is 0.714. The molecule has 0 aromatic carbocycles. The molecule has 0 bridgehead atoms. The molecule has 0 rings (SSSR count). The highest BCUT2D eigenvalue weighted by Gasteiger charge is 2.01. The van der Waals surface area contributed by atoms with E-state index in [9.17, 15) is 4.79 Å². The lowest BCUT2D eigenvalue weighted by molar-refractivity contribution is -0.140. The minimum Gasteiger partial charge on any atom is -0.469 e. The first kappa shape index (κ1) is 11.0. The van der Waals surface area contributed by atoms with E-state index in [1.807, 2.05) is 0 Å². The molecular formula is C9H14O3. The second-order valence-corrected chi connectivity index (χ2v) is 2.50. The zero-order chi connectivity index (χ0) is 9.40. The maximum atomic E-state index is 10.6. The number of terminal acetylenes is 1. The van der Waals surface area contributed by atoms with Crippen LogP contribution >= 0.6 is 0 Å². The monoisotopic (exact) mass is 170 g/mol. The number of ether oxygens (including phenoxy) is 1. The lowest BCUT2D eigenvalue weighted by Crippen LogP contribution is -2.03. The summed E-state index contributed by atoms with van der Waals surface area (Å²) >= 11 is 0. The highest BCUT2D eigenvalue weighted by Crippen LogP contribution is 2.03. The summed E-state index contributed by atoms with van der Waals surface area (Å²) in [6, 6.07) is 0. The normalized spacial score (nSPS) is 11.8. The lowest BCUT2D eigenvalue weighted by Gasteiger charge is -2.01. The Labute approximate surface area is 72.7 Å². The molecular weight excluding hydrogens is 156 g/mol. The van der Waals surface area contributed by atoms with Crippen LogP contribution in [0.15, 0.2) is 0 Å². The fourth-order valence-electron chi connectivity index (χ4n) is 0.792. The van der Waals surface area contributed by atoms with Gasteiger partial charge in [0, 0.05) is 6.42 Å². The van der Waals surface area contributed by atoms with Crippen molar-refractivity contribution in [1.29, 1.82) is 0 Å². The zero-order valence-corrected chi connectivity index (χ0v) is 7.25. The molecule has 0 aliphatic carbocycles. The number of carbonyl (C=O) groups excluding carboxylic acids is 1. The van der Waals surface area contributed by atoms with Crippen molar-refractivity contribution in [2.45, 2.75) is 31.8 Å². The highest BCUT2D eigenvalue weighted by molar-refractivity contribution is 5.68. The summed E-state index contributed by atoms with van der Waals surface area (Å²) in [4.78, 5) is 10.6. The van der Waals surface area contributed by atoms with Crippen molar-refractivity contribution in [2.75, 3.05) is 7.11 Å². The van der Waals surface area contributed by atoms with Crippen molar-refractivity contribution in [3.8, 4) is 12.3 Å². The number of esters is 1. The Kier molecular flexibility index (Phi) is 6.12. The molecule has 0 amide bonds. The Balaban J connectivity index is 3.23. The van der Waals surface area contributed by atoms with E-state index in [1.54, 1.807) is 0 Å². The molecule has 0 aromatic rings. The Hall–Kier alpha value is -1.01. The third kappa shape index (κ3) is 5.75. The van der Waals surface area contributed by atoms with Gasteiger partial charge >= 0.3 is 5.97 Å². The standard InChI is InChI=1S/C9H14O3/c1-3-8(10)6-4-5-7-9(11)12-2/h1,8,10H,4-7H2,2H3/t8-/m1/s1. The van der Waals surface area contributed by atoms with E-state index in [0.717, 1.165) is 6.42 Å². The quantitative estimate of drug-likeness (QED) is 0.375. The van der Waals surface area contributed by atoms with E-state index in [-0.39, 0.29) is 5.97 Å². The summed E-state index contributed by atoms with van der Waals surface area (Å²) in [6.45, 7) is 0. The summed E-state index contributed by atoms with van der Waals surface area (Å²) in [5.74, 6) is 1.99. The molecule has 0 radical (unpaired) electrons. The third-order valence-electron chi connectivity index (χ3n) is 1.53. The summed E-state index contributed by atoms with van der Waals surface area (Å²) in [5, 5.41) is 8.93. The Morgan fingerprint density at radius 1 is 1.67 bits per heavy atom. The highest BCUT2D eigenvalue weighted by atomic mass is 16.5. The topological polar surface area (TPSA) is 46.5 Å². The second kappa shape index (κ2) is 6.68. The first-order valence-corrected chi connectivity index (χ1v) is 3.91. The van der Waals surface area contributed by atoms with Crippen molar-refractivity contribution in [2.24, 2.45) is 0 Å². The molecule has 0 spiro atoms. The fraction of sp³-hybridized carbons (Fsp3) is 0.667. The van der Waals surface area contributed by atoms with Crippen LogP contribution in [0, 0.1) is 12.3 Å². The van der Waals surface area contributed by atoms with Gasteiger partial charge in [-0.3, -0.25) is 4.79 Å². The molecule has 68 valence electrons. The molecule has 0 saturated carbocycles. The molecule has 1 N–H and O–H groups in total. The van der Waals surface area contributed by atoms with E-state index in [2.05, 4.69) is 10.7 Å². The Morgan fingerprint density at radius 2 is 2.33 bits per heavy atom. The number of aliphatic hydroxyl groups is 1. The van der Waals surface area contributed by atoms with E-state index in [4.69, 9.17) is 11.5 Å². The smallest absolute Gasteiger partial charge is 0.305 e. The Morgan fingerprint density at radius 3 is 2.83 bits per heavy atom. The second-order valence-electron chi connectivity index (χ2n) is 2.50. The van der Waals surface area contributed by atoms with Gasteiger partial charge in [0.25, 0.3) is 0 Å². The number of methoxy groups -OCH3 is 1. The number of hydrogen-bond donors (Lipinski definition) is 1. The van der Waals surface area contributed by atoms with Crippen LogP contribution in [-0.2, 0) is 9.53 Å². The predicted molar refractivity (Wildman–Crippen MR) is 45.3 cm³/mol. The summed E-state index contributed by atoms with van der Waals surface area (Å²) in [5.41, 5.74) is 0. The van der Waals surface area contributed by atoms with Crippen molar-refractivity contribution in [1.82, 2.24) is 0 Å². The van der Waals surface area contributed by atoms with Gasteiger partial charge in [0.15, 0.2) is 0 Å². The molecule has 0 aliphatic heterocycles. The van der Waals surface area contributed by atoms with Crippen molar-refractivity contribution in [3.05, 3.63) is 0 Å². The van der Waals surface area contributed by atoms with Gasteiger partial charge in [-0.25, -0.2) is 0 Å². The first-order chi connectivity index (χ1) is 5.70. The van der Waals surface area contributed by atoms with Gasteiger partial charge in [0.2, 0.25) is 0 Å². The van der Waals surface area contributed by atoms with Gasteiger partial charge in [-0.2, -0.15) is 0 Å². The largest absolute Gasteiger partial charge is 0.469 e. The van der Waals surface area contributed by atoms with Gasteiger partial charge in [-0.05, 0) is 19.3 Å². The van der Waals surface area contributed by atoms with Gasteiger partial charge in [-0.15, -0.1) is 6.42 Å². The maximum absolute atomic E-state index is 10.6. The van der Waals surface area contributed by atoms with Crippen LogP contribution in [0.1, 0.15) is 25.7 Å². The molecule has 0 saturated heterocycles. The van der Waals surface area contributed by atoms with E-state index < -0.39 is 6.10 Å². The van der Waals surface area contributed by atoms with E-state index in [0.29, 0.717) is 19.3 Å². The van der Waals surface area contributed by atoms with Gasteiger partial charge < -0.3 is 9.84 Å². The van der Waals surface area contributed by atoms with E-state index in [1.165, 1.54) is 7.11 Å². The van der Waals surface area contributed by atoms with Gasteiger partial charge in [0.1, 0.15) is 6.10 Å². The van der Waals surface area contributed by atoms with Crippen LogP contribution < -0.4 is 0 Å². The van der Waals surface area contributed by atoms with Crippen LogP contribution in [0.25, 0.3) is 0 Å². The van der Waals surface area contributed by atoms with Crippen LogP contribution in [0.2, 0.25) is 0 Å². The summed E-state index contributed by atoms with van der Waals surface area (Å²) < 4.78 is 4.44. The number of aliphatic hydroxyl groups excluding tert-OH is 1. The fourth-order valence-corrected chi connectivity index (χ4v) is 0.792. The maximum Gasteiger partial charge on any atom is 0.305 e. The molecule has 12 heavy (non-hydrogen) atoms. The van der Waals surface area contributed by atoms with Crippen molar-refractivity contribution in [3.63, 3.8) is 0 Å². The molecule has 0 heterocycles. The van der Waals surface area contributed by atoms with E-state index >= 15 is 0 Å². The molecule has 0 aromatic heterocycles. The van der Waals surface area contributed by atoms with Crippen molar-refractivity contribution < 1.29 is 14.6 Å². The van der Waals surface area contributed by atoms with Crippen LogP contribution in [-0.4, -0.2) is 24.3 Å². The Bertz CT molecular complexity index is 169. The molecule has 0 aliphatic rings. The SMILES string of the molecule is C#C[C@@H](O)CCCCC(=O)OC. The lowest BCUT2D eigenvalue weighted by atomic mass is 10.1. The average molecular weight is 170 g/mol. The summed E-state index contributed by atoms with van der Waals surface area (Å²) in [6.07, 6.45) is 6.68. The molecule has 3 heteroatoms. The third-order valence-corrected chi connectivity index (χ3v) is 1.53. The molecule has 1 atom stereocenters. The van der Waals surface area contributed by atoms with Crippen LogP contribution in [0.4, 0.5) is 0 Å². The minimum atomic E-state index is -0.678. The number of unbranched alkanes of at least 4 members (excludes halogenated alkanes) is 1. The van der Waals surface area contributed by atoms with Crippen LogP contribution in [0.5, 0.6) is 0 Å². The average Bonchev–Trinajstić information content (AvgIpc) is 2.11.